The fraction of sp³-hybridized carbons (Fsp3) is 0.323. The number of ketones is 1. The van der Waals surface area contributed by atoms with Crippen LogP contribution in [0.15, 0.2) is 75.7 Å². The van der Waals surface area contributed by atoms with E-state index in [4.69, 9.17) is 0 Å². The van der Waals surface area contributed by atoms with Gasteiger partial charge < -0.3 is 10.4 Å². The van der Waals surface area contributed by atoms with Crippen molar-refractivity contribution in [1.82, 2.24) is 0 Å². The number of nitro groups is 2. The number of rotatable bonds is 6. The zero-order valence-corrected chi connectivity index (χ0v) is 23.3. The van der Waals surface area contributed by atoms with Crippen molar-refractivity contribution in [1.29, 1.82) is 0 Å². The highest BCUT2D eigenvalue weighted by atomic mass is 16.6. The lowest BCUT2D eigenvalue weighted by atomic mass is 9.71. The van der Waals surface area contributed by atoms with E-state index in [9.17, 15) is 30.1 Å². The van der Waals surface area contributed by atoms with Crippen molar-refractivity contribution in [2.45, 2.75) is 65.2 Å². The average molecular weight is 542 g/mol. The van der Waals surface area contributed by atoms with E-state index in [0.29, 0.717) is 24.0 Å². The average Bonchev–Trinajstić information content (AvgIpc) is 3.33. The van der Waals surface area contributed by atoms with Gasteiger partial charge in [-0.2, -0.15) is 0 Å². The van der Waals surface area contributed by atoms with Gasteiger partial charge in [0.1, 0.15) is 5.76 Å². The second-order valence-electron chi connectivity index (χ2n) is 11.4. The van der Waals surface area contributed by atoms with E-state index < -0.39 is 20.7 Å². The molecular weight excluding hydrogens is 510 g/mol. The maximum atomic E-state index is 13.8. The second kappa shape index (κ2) is 9.01. The summed E-state index contributed by atoms with van der Waals surface area (Å²) in [6.45, 7) is 11.7. The quantitative estimate of drug-likeness (QED) is 0.222. The van der Waals surface area contributed by atoms with Gasteiger partial charge in [-0.05, 0) is 58.4 Å². The molecule has 0 aromatic heterocycles. The summed E-state index contributed by atoms with van der Waals surface area (Å²) < 4.78 is 0. The molecule has 0 amide bonds. The van der Waals surface area contributed by atoms with E-state index in [2.05, 4.69) is 5.32 Å². The number of nitro benzene ring substituents is 2. The number of aliphatic hydroxyl groups excluding tert-OH is 1. The van der Waals surface area contributed by atoms with Crippen molar-refractivity contribution in [2.24, 2.45) is 0 Å². The summed E-state index contributed by atoms with van der Waals surface area (Å²) in [5.74, 6) is -0.318. The molecule has 3 aliphatic rings. The smallest absolute Gasteiger partial charge is 0.269 e. The van der Waals surface area contributed by atoms with Gasteiger partial charge in [-0.25, -0.2) is 0 Å². The van der Waals surface area contributed by atoms with Gasteiger partial charge in [0, 0.05) is 46.5 Å². The van der Waals surface area contributed by atoms with Gasteiger partial charge >= 0.3 is 0 Å². The number of benzene rings is 2. The Hall–Kier alpha value is -4.53. The molecule has 2 aromatic carbocycles. The van der Waals surface area contributed by atoms with E-state index >= 15 is 0 Å². The highest BCUT2D eigenvalue weighted by Gasteiger charge is 2.45. The summed E-state index contributed by atoms with van der Waals surface area (Å²) in [5, 5.41) is 37.5. The zero-order valence-electron chi connectivity index (χ0n) is 23.3. The Balaban J connectivity index is 1.61. The van der Waals surface area contributed by atoms with E-state index in [-0.39, 0.29) is 34.1 Å². The number of anilines is 1. The molecule has 0 saturated carbocycles. The maximum Gasteiger partial charge on any atom is 0.269 e. The lowest BCUT2D eigenvalue weighted by Gasteiger charge is -2.32. The molecule has 0 saturated heterocycles. The molecule has 0 spiro atoms. The predicted molar refractivity (Wildman–Crippen MR) is 153 cm³/mol. The van der Waals surface area contributed by atoms with Crippen LogP contribution in [0.2, 0.25) is 0 Å². The first-order chi connectivity index (χ1) is 18.7. The van der Waals surface area contributed by atoms with Crippen LogP contribution in [0.5, 0.6) is 0 Å². The zero-order chi connectivity index (χ0) is 29.3. The van der Waals surface area contributed by atoms with Crippen LogP contribution in [-0.4, -0.2) is 20.7 Å². The molecular formula is C31H31N3O6. The van der Waals surface area contributed by atoms with Gasteiger partial charge in [0.15, 0.2) is 0 Å². The van der Waals surface area contributed by atoms with Gasteiger partial charge in [-0.15, -0.1) is 0 Å². The minimum atomic E-state index is -0.653. The number of carbonyl (C=O) groups is 1. The van der Waals surface area contributed by atoms with Crippen molar-refractivity contribution in [3.63, 3.8) is 0 Å². The SMILES string of the molecule is CC/C(C1=Cc2ccc([N+](=O)[O-])cc2C1(C)C)=C1/C(=O)C(C(/CC)=C2/Nc3ccc([N+](=O)[O-])cc3C2(C)C)=C1O. The first-order valence-corrected chi connectivity index (χ1v) is 13.3. The molecule has 206 valence electrons. The number of nitrogens with zero attached hydrogens (tertiary/aromatic N) is 2. The molecule has 1 heterocycles. The van der Waals surface area contributed by atoms with Crippen LogP contribution in [-0.2, 0) is 15.6 Å². The highest BCUT2D eigenvalue weighted by molar-refractivity contribution is 6.23. The number of hydrogen-bond donors (Lipinski definition) is 2. The third-order valence-electron chi connectivity index (χ3n) is 8.53. The Bertz CT molecular complexity index is 1670. The number of Topliss-reactive ketones (excluding diaryl/α,β-unsaturated/α-hetero) is 1. The standard InChI is InChI=1S/C31H31N3O6/c1-7-19(22-13-16-9-10-17(33(37)38)14-21(16)30(22,3)4)25-27(35)26(28(25)36)20(8-2)29-31(5,6)23-15-18(34(39)40)11-12-24(23)32-29/h9-15,32,35H,7-8H2,1-6H3/b25-19-,29-20+. The lowest BCUT2D eigenvalue weighted by Crippen LogP contribution is -2.30. The van der Waals surface area contributed by atoms with Crippen LogP contribution in [0.4, 0.5) is 17.1 Å². The van der Waals surface area contributed by atoms with Gasteiger partial charge in [0.2, 0.25) is 5.78 Å². The number of non-ortho nitro benzene ring substituents is 2. The highest BCUT2D eigenvalue weighted by Crippen LogP contribution is 2.52. The molecule has 2 aromatic rings. The molecule has 1 aliphatic heterocycles. The Morgan fingerprint density at radius 2 is 1.45 bits per heavy atom. The summed E-state index contributed by atoms with van der Waals surface area (Å²) in [5.41, 5.74) is 5.39. The van der Waals surface area contributed by atoms with Crippen molar-refractivity contribution in [3.8, 4) is 0 Å². The van der Waals surface area contributed by atoms with Crippen LogP contribution >= 0.6 is 0 Å². The molecule has 9 heteroatoms. The van der Waals surface area contributed by atoms with Crippen LogP contribution in [0.25, 0.3) is 6.08 Å². The first kappa shape index (κ1) is 27.1. The fourth-order valence-corrected chi connectivity index (χ4v) is 6.36. The topological polar surface area (TPSA) is 136 Å². The molecule has 0 radical (unpaired) electrons. The summed E-state index contributed by atoms with van der Waals surface area (Å²) >= 11 is 0. The third kappa shape index (κ3) is 3.71. The van der Waals surface area contributed by atoms with Crippen LogP contribution in [0.1, 0.15) is 71.1 Å². The Labute approximate surface area is 231 Å². The summed E-state index contributed by atoms with van der Waals surface area (Å²) in [6.07, 6.45) is 2.90. The molecule has 0 bridgehead atoms. The number of allylic oxidation sites excluding steroid dienone is 6. The van der Waals surface area contributed by atoms with Gasteiger partial charge in [-0.3, -0.25) is 25.0 Å². The minimum absolute atomic E-state index is 0.00806. The lowest BCUT2D eigenvalue weighted by molar-refractivity contribution is -0.385. The van der Waals surface area contributed by atoms with E-state index in [1.165, 1.54) is 12.1 Å². The van der Waals surface area contributed by atoms with Crippen LogP contribution in [0, 0.1) is 20.2 Å². The first-order valence-electron chi connectivity index (χ1n) is 13.3. The van der Waals surface area contributed by atoms with Crippen molar-refractivity contribution >= 4 is 28.9 Å². The molecule has 0 fully saturated rings. The summed E-state index contributed by atoms with van der Waals surface area (Å²) in [7, 11) is 0. The van der Waals surface area contributed by atoms with Gasteiger partial charge in [0.25, 0.3) is 11.4 Å². The normalized spacial score (nSPS) is 20.8. The second-order valence-corrected chi connectivity index (χ2v) is 11.4. The van der Waals surface area contributed by atoms with Crippen molar-refractivity contribution in [2.75, 3.05) is 5.32 Å². The molecule has 9 nitrogen and oxygen atoms in total. The fourth-order valence-electron chi connectivity index (χ4n) is 6.36. The van der Waals surface area contributed by atoms with Crippen LogP contribution in [0.3, 0.4) is 0 Å². The van der Waals surface area contributed by atoms with Gasteiger partial charge in [-0.1, -0.05) is 47.6 Å². The minimum Gasteiger partial charge on any atom is -0.506 e. The van der Waals surface area contributed by atoms with Crippen molar-refractivity contribution < 1.29 is 19.7 Å². The summed E-state index contributed by atoms with van der Waals surface area (Å²) in [6, 6.07) is 9.44. The number of carbonyl (C=O) groups excluding carboxylic acids is 1. The van der Waals surface area contributed by atoms with Crippen LogP contribution < -0.4 is 5.32 Å². The molecule has 0 atom stereocenters. The maximum absolute atomic E-state index is 13.8. The molecule has 5 rings (SSSR count). The van der Waals surface area contributed by atoms with Gasteiger partial charge in [0.05, 0.1) is 21.0 Å². The summed E-state index contributed by atoms with van der Waals surface area (Å²) in [4.78, 5) is 35.7. The molecule has 40 heavy (non-hydrogen) atoms. The van der Waals surface area contributed by atoms with E-state index in [1.54, 1.807) is 24.3 Å². The predicted octanol–water partition coefficient (Wildman–Crippen LogP) is 7.35. The molecule has 2 aliphatic carbocycles. The number of aliphatic hydroxyl groups is 1. The van der Waals surface area contributed by atoms with E-state index in [1.807, 2.05) is 47.6 Å². The Morgan fingerprint density at radius 3 is 2.00 bits per heavy atom. The van der Waals surface area contributed by atoms with E-state index in [0.717, 1.165) is 33.6 Å². The van der Waals surface area contributed by atoms with Crippen molar-refractivity contribution in [3.05, 3.63) is 113 Å². The third-order valence-corrected chi connectivity index (χ3v) is 8.53. The Kier molecular flexibility index (Phi) is 6.09. The molecule has 2 N–H and O–H groups in total. The Morgan fingerprint density at radius 1 is 0.875 bits per heavy atom. The number of hydrogen-bond acceptors (Lipinski definition) is 7. The number of fused-ring (bicyclic) bond motifs is 2. The number of nitrogens with one attached hydrogen (secondary N) is 1. The largest absolute Gasteiger partial charge is 0.506 e. The monoisotopic (exact) mass is 541 g/mol. The molecule has 0 unspecified atom stereocenters.